The van der Waals surface area contributed by atoms with Crippen LogP contribution in [-0.4, -0.2) is 24.0 Å². The molecule has 4 heteroatoms. The number of anilines is 1. The summed E-state index contributed by atoms with van der Waals surface area (Å²) in [4.78, 5) is 5.55. The lowest BCUT2D eigenvalue weighted by Crippen LogP contribution is -2.18. The highest BCUT2D eigenvalue weighted by Crippen LogP contribution is 2.21. The molecule has 1 heterocycles. The molecule has 1 unspecified atom stereocenters. The van der Waals surface area contributed by atoms with E-state index in [4.69, 9.17) is 5.73 Å². The highest BCUT2D eigenvalue weighted by molar-refractivity contribution is 5.40. The molecule has 0 aliphatic carbocycles. The first-order chi connectivity index (χ1) is 8.02. The minimum Gasteiger partial charge on any atom is -0.383 e. The predicted octanol–water partition coefficient (Wildman–Crippen LogP) is 3.48. The van der Waals surface area contributed by atoms with Crippen LogP contribution in [0.1, 0.15) is 46.2 Å². The van der Waals surface area contributed by atoms with Gasteiger partial charge in [-0.25, -0.2) is 4.98 Å². The molecule has 0 aliphatic heterocycles. The molecule has 1 aromatic heterocycles. The van der Waals surface area contributed by atoms with Gasteiger partial charge in [-0.05, 0) is 33.2 Å². The van der Waals surface area contributed by atoms with Crippen molar-refractivity contribution in [2.45, 2.75) is 40.7 Å². The van der Waals surface area contributed by atoms with Gasteiger partial charge in [-0.3, -0.25) is 0 Å². The molecule has 0 spiro atoms. The van der Waals surface area contributed by atoms with E-state index in [2.05, 4.69) is 4.98 Å². The van der Waals surface area contributed by atoms with Gasteiger partial charge in [-0.2, -0.15) is 4.39 Å². The van der Waals surface area contributed by atoms with Gasteiger partial charge in [-0.15, -0.1) is 0 Å². The summed E-state index contributed by atoms with van der Waals surface area (Å²) in [5, 5.41) is 0. The van der Waals surface area contributed by atoms with Gasteiger partial charge in [0.1, 0.15) is 5.82 Å². The van der Waals surface area contributed by atoms with Gasteiger partial charge in [-0.1, -0.05) is 27.7 Å². The van der Waals surface area contributed by atoms with Crippen LogP contribution < -0.4 is 5.73 Å². The van der Waals surface area contributed by atoms with Gasteiger partial charge in [0, 0.05) is 11.6 Å². The molecule has 0 bridgehead atoms. The maximum Gasteiger partial charge on any atom is 0.214 e. The Kier molecular flexibility index (Phi) is 10.7. The number of hydrogen-bond acceptors (Lipinski definition) is 3. The van der Waals surface area contributed by atoms with Crippen molar-refractivity contribution in [2.75, 3.05) is 19.8 Å². The van der Waals surface area contributed by atoms with Crippen molar-refractivity contribution in [3.63, 3.8) is 0 Å². The Labute approximate surface area is 105 Å². The SMILES string of the molecule is CC.CC.CC(c1ccc(F)nc1N)N(C)C. The van der Waals surface area contributed by atoms with E-state index in [1.165, 1.54) is 6.07 Å². The number of nitrogens with two attached hydrogens (primary N) is 1. The number of nitrogen functional groups attached to an aromatic ring is 1. The molecule has 0 radical (unpaired) electrons. The topological polar surface area (TPSA) is 42.1 Å². The summed E-state index contributed by atoms with van der Waals surface area (Å²) < 4.78 is 12.6. The zero-order valence-electron chi connectivity index (χ0n) is 12.1. The van der Waals surface area contributed by atoms with Crippen LogP contribution in [0.5, 0.6) is 0 Å². The normalized spacial score (nSPS) is 10.9. The minimum atomic E-state index is -0.535. The summed E-state index contributed by atoms with van der Waals surface area (Å²) in [7, 11) is 3.88. The van der Waals surface area contributed by atoms with Crippen LogP contribution in [-0.2, 0) is 0 Å². The van der Waals surface area contributed by atoms with E-state index >= 15 is 0 Å². The number of halogens is 1. The zero-order chi connectivity index (χ0) is 14.0. The van der Waals surface area contributed by atoms with E-state index in [1.807, 2.05) is 53.6 Å². The van der Waals surface area contributed by atoms with Crippen molar-refractivity contribution in [1.82, 2.24) is 9.88 Å². The number of aromatic nitrogens is 1. The van der Waals surface area contributed by atoms with Crippen LogP contribution in [0.4, 0.5) is 10.2 Å². The van der Waals surface area contributed by atoms with E-state index in [0.29, 0.717) is 0 Å². The van der Waals surface area contributed by atoms with E-state index in [1.54, 1.807) is 6.07 Å². The second-order valence-corrected chi connectivity index (χ2v) is 3.25. The molecule has 1 aromatic rings. The van der Waals surface area contributed by atoms with Crippen LogP contribution in [0.3, 0.4) is 0 Å². The highest BCUT2D eigenvalue weighted by atomic mass is 19.1. The van der Waals surface area contributed by atoms with Gasteiger partial charge < -0.3 is 10.6 Å². The van der Waals surface area contributed by atoms with Crippen LogP contribution >= 0.6 is 0 Å². The van der Waals surface area contributed by atoms with Crippen LogP contribution in [0, 0.1) is 5.95 Å². The van der Waals surface area contributed by atoms with E-state index in [-0.39, 0.29) is 11.9 Å². The number of pyridine rings is 1. The molecule has 2 N–H and O–H groups in total. The molecule has 1 rings (SSSR count). The summed E-state index contributed by atoms with van der Waals surface area (Å²) in [5.41, 5.74) is 6.44. The number of hydrogen-bond donors (Lipinski definition) is 1. The Bertz CT molecular complexity index is 301. The zero-order valence-corrected chi connectivity index (χ0v) is 12.1. The third kappa shape index (κ3) is 6.22. The first kappa shape index (κ1) is 18.2. The van der Waals surface area contributed by atoms with Gasteiger partial charge in [0.25, 0.3) is 0 Å². The number of nitrogens with zero attached hydrogens (tertiary/aromatic N) is 2. The van der Waals surface area contributed by atoms with E-state index in [9.17, 15) is 4.39 Å². The van der Waals surface area contributed by atoms with Crippen LogP contribution in [0.2, 0.25) is 0 Å². The van der Waals surface area contributed by atoms with Gasteiger partial charge in [0.05, 0.1) is 0 Å². The van der Waals surface area contributed by atoms with E-state index < -0.39 is 5.95 Å². The average molecular weight is 243 g/mol. The molecule has 0 fully saturated rings. The Morgan fingerprint density at radius 1 is 1.18 bits per heavy atom. The lowest BCUT2D eigenvalue weighted by molar-refractivity contribution is 0.321. The Balaban J connectivity index is 0. The Hall–Kier alpha value is -1.16. The third-order valence-electron chi connectivity index (χ3n) is 2.15. The highest BCUT2D eigenvalue weighted by Gasteiger charge is 2.12. The molecule has 0 saturated heterocycles. The molecule has 0 amide bonds. The summed E-state index contributed by atoms with van der Waals surface area (Å²) >= 11 is 0. The van der Waals surface area contributed by atoms with Gasteiger partial charge in [0.15, 0.2) is 0 Å². The molecule has 3 nitrogen and oxygen atoms in total. The molecule has 0 aliphatic rings. The average Bonchev–Trinajstić information content (AvgIpc) is 2.33. The van der Waals surface area contributed by atoms with Crippen molar-refractivity contribution >= 4 is 5.82 Å². The molecule has 0 saturated carbocycles. The van der Waals surface area contributed by atoms with Crippen LogP contribution in [0.15, 0.2) is 12.1 Å². The standard InChI is InChI=1S/C9H14FN3.2C2H6/c1-6(13(2)3)7-4-5-8(10)12-9(7)11;2*1-2/h4-6H,1-3H3,(H2,11,12);2*1-2H3. The Morgan fingerprint density at radius 2 is 1.65 bits per heavy atom. The first-order valence-corrected chi connectivity index (χ1v) is 6.10. The summed E-state index contributed by atoms with van der Waals surface area (Å²) in [6.45, 7) is 9.99. The second-order valence-electron chi connectivity index (χ2n) is 3.25. The van der Waals surface area contributed by atoms with E-state index in [0.717, 1.165) is 5.56 Å². The van der Waals surface area contributed by atoms with Crippen LogP contribution in [0.25, 0.3) is 0 Å². The lowest BCUT2D eigenvalue weighted by Gasteiger charge is -2.20. The van der Waals surface area contributed by atoms with Crippen molar-refractivity contribution in [2.24, 2.45) is 0 Å². The fourth-order valence-corrected chi connectivity index (χ4v) is 1.09. The largest absolute Gasteiger partial charge is 0.383 e. The second kappa shape index (κ2) is 10.0. The van der Waals surface area contributed by atoms with Crippen molar-refractivity contribution < 1.29 is 4.39 Å². The summed E-state index contributed by atoms with van der Waals surface area (Å²) in [6.07, 6.45) is 0. The van der Waals surface area contributed by atoms with Crippen molar-refractivity contribution in [1.29, 1.82) is 0 Å². The smallest absolute Gasteiger partial charge is 0.214 e. The van der Waals surface area contributed by atoms with Gasteiger partial charge in [0.2, 0.25) is 5.95 Å². The maximum absolute atomic E-state index is 12.6. The Morgan fingerprint density at radius 3 is 2.00 bits per heavy atom. The molecule has 1 atom stereocenters. The molecular weight excluding hydrogens is 217 g/mol. The summed E-state index contributed by atoms with van der Waals surface area (Å²) in [6, 6.07) is 3.14. The fraction of sp³-hybridized carbons (Fsp3) is 0.615. The molecule has 100 valence electrons. The quantitative estimate of drug-likeness (QED) is 0.809. The number of rotatable bonds is 2. The maximum atomic E-state index is 12.6. The monoisotopic (exact) mass is 243 g/mol. The summed E-state index contributed by atoms with van der Waals surface area (Å²) in [5.74, 6) is -0.270. The molecule has 17 heavy (non-hydrogen) atoms. The minimum absolute atomic E-state index is 0.146. The molecular formula is C13H26FN3. The lowest BCUT2D eigenvalue weighted by atomic mass is 10.1. The van der Waals surface area contributed by atoms with Crippen molar-refractivity contribution in [3.05, 3.63) is 23.6 Å². The fourth-order valence-electron chi connectivity index (χ4n) is 1.09. The molecule has 0 aromatic carbocycles. The predicted molar refractivity (Wildman–Crippen MR) is 73.4 cm³/mol. The third-order valence-corrected chi connectivity index (χ3v) is 2.15. The van der Waals surface area contributed by atoms with Gasteiger partial charge >= 0.3 is 0 Å². The van der Waals surface area contributed by atoms with Crippen molar-refractivity contribution in [3.8, 4) is 0 Å². The first-order valence-electron chi connectivity index (χ1n) is 6.10.